The monoisotopic (exact) mass is 390 g/mol. The zero-order chi connectivity index (χ0) is 19.8. The van der Waals surface area contributed by atoms with Gasteiger partial charge in [0, 0.05) is 43.7 Å². The molecule has 7 heteroatoms. The van der Waals surface area contributed by atoms with Crippen molar-refractivity contribution in [3.8, 4) is 0 Å². The van der Waals surface area contributed by atoms with E-state index >= 15 is 0 Å². The highest BCUT2D eigenvalue weighted by molar-refractivity contribution is 6.11. The molecule has 1 saturated heterocycles. The Hall–Kier alpha value is -3.35. The van der Waals surface area contributed by atoms with Crippen LogP contribution in [0.1, 0.15) is 23.4 Å². The van der Waals surface area contributed by atoms with E-state index in [4.69, 9.17) is 4.42 Å². The zero-order valence-corrected chi connectivity index (χ0v) is 16.0. The molecular formula is C22H22N4O3. The summed E-state index contributed by atoms with van der Waals surface area (Å²) < 4.78 is 5.89. The first-order valence-corrected chi connectivity index (χ1v) is 9.98. The summed E-state index contributed by atoms with van der Waals surface area (Å²) in [7, 11) is 0. The van der Waals surface area contributed by atoms with E-state index in [1.807, 2.05) is 42.5 Å². The average molecular weight is 390 g/mol. The fourth-order valence-electron chi connectivity index (χ4n) is 3.71. The predicted molar refractivity (Wildman–Crippen MR) is 110 cm³/mol. The Labute approximate surface area is 168 Å². The van der Waals surface area contributed by atoms with Crippen molar-refractivity contribution in [1.29, 1.82) is 0 Å². The third-order valence-corrected chi connectivity index (χ3v) is 5.53. The van der Waals surface area contributed by atoms with E-state index in [1.54, 1.807) is 11.1 Å². The lowest BCUT2D eigenvalue weighted by atomic mass is 10.2. The van der Waals surface area contributed by atoms with E-state index in [-0.39, 0.29) is 23.5 Å². The summed E-state index contributed by atoms with van der Waals surface area (Å²) in [4.78, 5) is 34.0. The second-order valence-electron chi connectivity index (χ2n) is 7.53. The second-order valence-corrected chi connectivity index (χ2v) is 7.53. The summed E-state index contributed by atoms with van der Waals surface area (Å²) in [6.45, 7) is 2.55. The molecule has 1 aromatic carbocycles. The lowest BCUT2D eigenvalue weighted by Crippen LogP contribution is -2.49. The SMILES string of the molecule is O=C(Nc1c(C(=O)N2CCN(c3ccccn3)CC2)oc2ccccc12)C1CC1. The molecule has 0 bridgehead atoms. The van der Waals surface area contributed by atoms with E-state index in [9.17, 15) is 9.59 Å². The van der Waals surface area contributed by atoms with Crippen LogP contribution in [0.4, 0.5) is 11.5 Å². The topological polar surface area (TPSA) is 78.7 Å². The minimum Gasteiger partial charge on any atom is -0.449 e. The van der Waals surface area contributed by atoms with Gasteiger partial charge < -0.3 is 19.5 Å². The van der Waals surface area contributed by atoms with Crippen molar-refractivity contribution in [3.05, 3.63) is 54.4 Å². The molecule has 0 radical (unpaired) electrons. The number of hydrogen-bond donors (Lipinski definition) is 1. The van der Waals surface area contributed by atoms with Gasteiger partial charge in [-0.1, -0.05) is 18.2 Å². The van der Waals surface area contributed by atoms with Crippen LogP contribution >= 0.6 is 0 Å². The molecule has 2 aromatic heterocycles. The molecule has 3 aromatic rings. The normalized spacial score (nSPS) is 16.8. The van der Waals surface area contributed by atoms with Crippen LogP contribution in [0.5, 0.6) is 0 Å². The maximum atomic E-state index is 13.2. The van der Waals surface area contributed by atoms with Gasteiger partial charge in [0.05, 0.1) is 0 Å². The van der Waals surface area contributed by atoms with Crippen molar-refractivity contribution in [2.75, 3.05) is 36.4 Å². The molecule has 7 nitrogen and oxygen atoms in total. The Balaban J connectivity index is 1.37. The van der Waals surface area contributed by atoms with Crippen LogP contribution in [0.25, 0.3) is 11.0 Å². The maximum Gasteiger partial charge on any atom is 0.291 e. The molecule has 1 aliphatic carbocycles. The van der Waals surface area contributed by atoms with Gasteiger partial charge in [0.1, 0.15) is 17.1 Å². The number of furan rings is 1. The van der Waals surface area contributed by atoms with Gasteiger partial charge in [0.25, 0.3) is 5.91 Å². The second kappa shape index (κ2) is 7.24. The first kappa shape index (κ1) is 17.7. The van der Waals surface area contributed by atoms with E-state index in [0.29, 0.717) is 37.4 Å². The zero-order valence-electron chi connectivity index (χ0n) is 16.0. The molecule has 1 saturated carbocycles. The molecule has 2 aliphatic rings. The lowest BCUT2D eigenvalue weighted by Gasteiger charge is -2.35. The van der Waals surface area contributed by atoms with Gasteiger partial charge in [-0.25, -0.2) is 4.98 Å². The molecule has 0 unspecified atom stereocenters. The van der Waals surface area contributed by atoms with Crippen LogP contribution in [0.2, 0.25) is 0 Å². The largest absolute Gasteiger partial charge is 0.449 e. The number of carbonyl (C=O) groups excluding carboxylic acids is 2. The van der Waals surface area contributed by atoms with E-state index in [2.05, 4.69) is 15.2 Å². The Bertz CT molecular complexity index is 1050. The average Bonchev–Trinajstić information content (AvgIpc) is 3.57. The summed E-state index contributed by atoms with van der Waals surface area (Å²) >= 11 is 0. The number of amides is 2. The van der Waals surface area contributed by atoms with Crippen LogP contribution in [-0.4, -0.2) is 47.9 Å². The molecule has 148 valence electrons. The van der Waals surface area contributed by atoms with Crippen molar-refractivity contribution in [1.82, 2.24) is 9.88 Å². The molecule has 1 N–H and O–H groups in total. The number of hydrogen-bond acceptors (Lipinski definition) is 5. The number of carbonyl (C=O) groups is 2. The number of nitrogens with zero attached hydrogens (tertiary/aromatic N) is 3. The third-order valence-electron chi connectivity index (χ3n) is 5.53. The summed E-state index contributed by atoms with van der Waals surface area (Å²) in [5, 5.41) is 3.71. The van der Waals surface area contributed by atoms with Crippen molar-refractivity contribution >= 4 is 34.3 Å². The first-order chi connectivity index (χ1) is 14.2. The standard InChI is InChI=1S/C22H22N4O3/c27-21(15-8-9-15)24-19-16-5-1-2-6-17(16)29-20(19)22(28)26-13-11-25(12-14-26)18-7-3-4-10-23-18/h1-7,10,15H,8-9,11-14H2,(H,24,27). The number of fused-ring (bicyclic) bond motifs is 1. The molecule has 2 fully saturated rings. The first-order valence-electron chi connectivity index (χ1n) is 9.98. The Kier molecular flexibility index (Phi) is 4.42. The Morgan fingerprint density at radius 3 is 2.48 bits per heavy atom. The van der Waals surface area contributed by atoms with Gasteiger partial charge in [0.15, 0.2) is 0 Å². The van der Waals surface area contributed by atoms with Crippen molar-refractivity contribution in [2.24, 2.45) is 5.92 Å². The quantitative estimate of drug-likeness (QED) is 0.740. The summed E-state index contributed by atoms with van der Waals surface area (Å²) in [6, 6.07) is 13.3. The van der Waals surface area contributed by atoms with Gasteiger partial charge in [-0.2, -0.15) is 0 Å². The van der Waals surface area contributed by atoms with Gasteiger partial charge in [-0.3, -0.25) is 9.59 Å². The smallest absolute Gasteiger partial charge is 0.291 e. The maximum absolute atomic E-state index is 13.2. The highest BCUT2D eigenvalue weighted by Crippen LogP contribution is 2.35. The number of rotatable bonds is 4. The number of piperazine rings is 1. The van der Waals surface area contributed by atoms with Crippen LogP contribution in [0.3, 0.4) is 0 Å². The van der Waals surface area contributed by atoms with Gasteiger partial charge in [-0.05, 0) is 37.1 Å². The van der Waals surface area contributed by atoms with Gasteiger partial charge >= 0.3 is 0 Å². The fourth-order valence-corrected chi connectivity index (χ4v) is 3.71. The molecule has 1 aliphatic heterocycles. The van der Waals surface area contributed by atoms with E-state index < -0.39 is 0 Å². The number of aromatic nitrogens is 1. The minimum absolute atomic E-state index is 0.0365. The third kappa shape index (κ3) is 3.44. The molecule has 0 spiro atoms. The van der Waals surface area contributed by atoms with Crippen LogP contribution in [0.15, 0.2) is 53.1 Å². The van der Waals surface area contributed by atoms with Crippen molar-refractivity contribution in [3.63, 3.8) is 0 Å². The number of anilines is 2. The van der Waals surface area contributed by atoms with Gasteiger partial charge in [0.2, 0.25) is 11.7 Å². The number of pyridine rings is 1. The summed E-state index contributed by atoms with van der Waals surface area (Å²) in [5.41, 5.74) is 1.10. The molecular weight excluding hydrogens is 368 g/mol. The Morgan fingerprint density at radius 2 is 1.76 bits per heavy atom. The van der Waals surface area contributed by atoms with Crippen molar-refractivity contribution in [2.45, 2.75) is 12.8 Å². The van der Waals surface area contributed by atoms with E-state index in [1.165, 1.54) is 0 Å². The Morgan fingerprint density at radius 1 is 1.00 bits per heavy atom. The summed E-state index contributed by atoms with van der Waals surface area (Å²) in [5.74, 6) is 0.958. The molecule has 5 rings (SSSR count). The summed E-state index contributed by atoms with van der Waals surface area (Å²) in [6.07, 6.45) is 3.58. The van der Waals surface area contributed by atoms with Crippen molar-refractivity contribution < 1.29 is 14.0 Å². The molecule has 2 amide bonds. The number of para-hydroxylation sites is 1. The minimum atomic E-state index is -0.187. The highest BCUT2D eigenvalue weighted by atomic mass is 16.3. The number of benzene rings is 1. The van der Waals surface area contributed by atoms with Crippen LogP contribution < -0.4 is 10.2 Å². The van der Waals surface area contributed by atoms with Crippen LogP contribution in [-0.2, 0) is 4.79 Å². The number of nitrogens with one attached hydrogen (secondary N) is 1. The molecule has 3 heterocycles. The molecule has 29 heavy (non-hydrogen) atoms. The predicted octanol–water partition coefficient (Wildman–Crippen LogP) is 3.14. The van der Waals surface area contributed by atoms with Gasteiger partial charge in [-0.15, -0.1) is 0 Å². The van der Waals surface area contributed by atoms with Crippen LogP contribution in [0, 0.1) is 5.92 Å². The van der Waals surface area contributed by atoms with E-state index in [0.717, 1.165) is 24.0 Å². The lowest BCUT2D eigenvalue weighted by molar-refractivity contribution is -0.117. The highest BCUT2D eigenvalue weighted by Gasteiger charge is 2.33. The molecule has 0 atom stereocenters. The fraction of sp³-hybridized carbons (Fsp3) is 0.318.